The van der Waals surface area contributed by atoms with Gasteiger partial charge in [0.15, 0.2) is 5.82 Å². The van der Waals surface area contributed by atoms with Gasteiger partial charge in [0.2, 0.25) is 0 Å². The van der Waals surface area contributed by atoms with Crippen LogP contribution in [0.4, 0.5) is 5.82 Å². The van der Waals surface area contributed by atoms with E-state index in [0.717, 1.165) is 0 Å². The van der Waals surface area contributed by atoms with Crippen LogP contribution in [0.2, 0.25) is 5.02 Å². The standard InChI is InChI=1S/C13H12ClN3O2S2/c1-8-7-9(4-5-10(8)12(15)20)21(18,19)17-13-11(14)3-2-6-16-13/h2-7H,1H3,(H2,15,20)(H,16,17). The molecule has 110 valence electrons. The molecule has 0 spiro atoms. The third-order valence-electron chi connectivity index (χ3n) is 2.76. The fraction of sp³-hybridized carbons (Fsp3) is 0.0769. The SMILES string of the molecule is Cc1cc(S(=O)(=O)Nc2ncccc2Cl)ccc1C(N)=S. The number of hydrogen-bond donors (Lipinski definition) is 2. The van der Waals surface area contributed by atoms with Crippen molar-refractivity contribution in [3.05, 3.63) is 52.7 Å². The van der Waals surface area contributed by atoms with Crippen molar-refractivity contribution < 1.29 is 8.42 Å². The molecule has 1 heterocycles. The Hall–Kier alpha value is -1.70. The molecule has 0 unspecified atom stereocenters. The van der Waals surface area contributed by atoms with Gasteiger partial charge in [0.25, 0.3) is 10.0 Å². The van der Waals surface area contributed by atoms with Crippen molar-refractivity contribution in [2.75, 3.05) is 4.72 Å². The Morgan fingerprint density at radius 1 is 1.38 bits per heavy atom. The molecule has 8 heteroatoms. The molecule has 0 fully saturated rings. The van der Waals surface area contributed by atoms with E-state index < -0.39 is 10.0 Å². The zero-order chi connectivity index (χ0) is 15.6. The highest BCUT2D eigenvalue weighted by Crippen LogP contribution is 2.22. The minimum Gasteiger partial charge on any atom is -0.389 e. The van der Waals surface area contributed by atoms with Crippen LogP contribution in [0, 0.1) is 6.92 Å². The fourth-order valence-electron chi connectivity index (χ4n) is 1.73. The largest absolute Gasteiger partial charge is 0.389 e. The van der Waals surface area contributed by atoms with E-state index in [1.165, 1.54) is 18.3 Å². The molecule has 0 amide bonds. The summed E-state index contributed by atoms with van der Waals surface area (Å²) in [4.78, 5) is 4.20. The number of nitrogens with two attached hydrogens (primary N) is 1. The molecule has 2 aromatic rings. The molecule has 0 saturated heterocycles. The second kappa shape index (κ2) is 5.97. The first kappa shape index (κ1) is 15.7. The molecule has 0 saturated carbocycles. The van der Waals surface area contributed by atoms with Crippen molar-refractivity contribution in [2.45, 2.75) is 11.8 Å². The number of rotatable bonds is 4. The number of benzene rings is 1. The molecule has 1 aromatic carbocycles. The number of nitrogens with one attached hydrogen (secondary N) is 1. The van der Waals surface area contributed by atoms with Crippen molar-refractivity contribution >= 4 is 44.6 Å². The smallest absolute Gasteiger partial charge is 0.263 e. The predicted octanol–water partition coefficient (Wildman–Crippen LogP) is 2.48. The van der Waals surface area contributed by atoms with Gasteiger partial charge in [-0.15, -0.1) is 0 Å². The van der Waals surface area contributed by atoms with Crippen LogP contribution in [0.5, 0.6) is 0 Å². The second-order valence-corrected chi connectivity index (χ2v) is 6.81. The lowest BCUT2D eigenvalue weighted by atomic mass is 10.1. The summed E-state index contributed by atoms with van der Waals surface area (Å²) in [5.74, 6) is 0.0789. The number of halogens is 1. The summed E-state index contributed by atoms with van der Waals surface area (Å²) in [6.07, 6.45) is 1.45. The minimum absolute atomic E-state index is 0.0789. The van der Waals surface area contributed by atoms with Gasteiger partial charge in [0.1, 0.15) is 4.99 Å². The van der Waals surface area contributed by atoms with Gasteiger partial charge >= 0.3 is 0 Å². The Labute approximate surface area is 133 Å². The summed E-state index contributed by atoms with van der Waals surface area (Å²) in [6.45, 7) is 1.74. The molecule has 5 nitrogen and oxygen atoms in total. The van der Waals surface area contributed by atoms with Crippen molar-refractivity contribution in [3.8, 4) is 0 Å². The Bertz CT molecular complexity index is 807. The van der Waals surface area contributed by atoms with Crippen LogP contribution in [0.1, 0.15) is 11.1 Å². The van der Waals surface area contributed by atoms with Crippen LogP contribution in [-0.4, -0.2) is 18.4 Å². The van der Waals surface area contributed by atoms with Gasteiger partial charge in [-0.1, -0.05) is 29.9 Å². The normalized spacial score (nSPS) is 11.1. The van der Waals surface area contributed by atoms with E-state index >= 15 is 0 Å². The fourth-order valence-corrected chi connectivity index (χ4v) is 3.29. The number of aryl methyl sites for hydroxylation is 1. The first-order valence-corrected chi connectivity index (χ1v) is 8.12. The maximum atomic E-state index is 12.3. The average molecular weight is 342 g/mol. The predicted molar refractivity (Wildman–Crippen MR) is 87.1 cm³/mol. The van der Waals surface area contributed by atoms with Crippen LogP contribution in [-0.2, 0) is 10.0 Å². The molecular formula is C13H12ClN3O2S2. The van der Waals surface area contributed by atoms with E-state index in [2.05, 4.69) is 9.71 Å². The molecule has 0 bridgehead atoms. The summed E-state index contributed by atoms with van der Waals surface area (Å²) >= 11 is 10.8. The summed E-state index contributed by atoms with van der Waals surface area (Å²) in [6, 6.07) is 7.66. The number of nitrogens with zero attached hydrogens (tertiary/aromatic N) is 1. The molecule has 0 aliphatic carbocycles. The van der Waals surface area contributed by atoms with Gasteiger partial charge in [0.05, 0.1) is 9.92 Å². The van der Waals surface area contributed by atoms with Crippen LogP contribution in [0.25, 0.3) is 0 Å². The molecule has 0 aliphatic rings. The Morgan fingerprint density at radius 3 is 2.67 bits per heavy atom. The van der Waals surface area contributed by atoms with Crippen molar-refractivity contribution in [1.29, 1.82) is 0 Å². The molecule has 0 atom stereocenters. The number of aromatic nitrogens is 1. The summed E-state index contributed by atoms with van der Waals surface area (Å²) in [7, 11) is -3.78. The van der Waals surface area contributed by atoms with Crippen molar-refractivity contribution in [1.82, 2.24) is 4.98 Å². The first-order chi connectivity index (χ1) is 9.81. The van der Waals surface area contributed by atoms with Gasteiger partial charge < -0.3 is 5.73 Å². The van der Waals surface area contributed by atoms with Crippen molar-refractivity contribution in [3.63, 3.8) is 0 Å². The molecule has 2 rings (SSSR count). The maximum absolute atomic E-state index is 12.3. The maximum Gasteiger partial charge on any atom is 0.263 e. The zero-order valence-electron chi connectivity index (χ0n) is 11.0. The zero-order valence-corrected chi connectivity index (χ0v) is 13.4. The third-order valence-corrected chi connectivity index (χ3v) is 4.62. The van der Waals surface area contributed by atoms with Gasteiger partial charge in [0, 0.05) is 11.8 Å². The van der Waals surface area contributed by atoms with Crippen LogP contribution in [0.3, 0.4) is 0 Å². The van der Waals surface area contributed by atoms with Crippen LogP contribution >= 0.6 is 23.8 Å². The Morgan fingerprint density at radius 2 is 2.10 bits per heavy atom. The van der Waals surface area contributed by atoms with Gasteiger partial charge in [-0.2, -0.15) is 0 Å². The summed E-state index contributed by atoms with van der Waals surface area (Å²) in [5.41, 5.74) is 6.87. The second-order valence-electron chi connectivity index (χ2n) is 4.28. The topological polar surface area (TPSA) is 85.1 Å². The number of sulfonamides is 1. The summed E-state index contributed by atoms with van der Waals surface area (Å²) < 4.78 is 27.0. The molecule has 21 heavy (non-hydrogen) atoms. The van der Waals surface area contributed by atoms with E-state index in [-0.39, 0.29) is 20.7 Å². The first-order valence-electron chi connectivity index (χ1n) is 5.85. The van der Waals surface area contributed by atoms with E-state index in [9.17, 15) is 8.42 Å². The molecule has 1 aromatic heterocycles. The van der Waals surface area contributed by atoms with E-state index in [1.54, 1.807) is 25.1 Å². The number of anilines is 1. The van der Waals surface area contributed by atoms with Crippen LogP contribution < -0.4 is 10.5 Å². The van der Waals surface area contributed by atoms with Crippen molar-refractivity contribution in [2.24, 2.45) is 5.73 Å². The molecule has 0 aliphatic heterocycles. The number of thiocarbonyl (C=S) groups is 1. The van der Waals surface area contributed by atoms with E-state index in [4.69, 9.17) is 29.6 Å². The van der Waals surface area contributed by atoms with Gasteiger partial charge in [-0.05, 0) is 36.8 Å². The molecule has 3 N–H and O–H groups in total. The lowest BCUT2D eigenvalue weighted by molar-refractivity contribution is 0.601. The highest BCUT2D eigenvalue weighted by atomic mass is 35.5. The lowest BCUT2D eigenvalue weighted by Crippen LogP contribution is -2.16. The van der Waals surface area contributed by atoms with Crippen LogP contribution in [0.15, 0.2) is 41.4 Å². The van der Waals surface area contributed by atoms with Gasteiger partial charge in [-0.25, -0.2) is 13.4 Å². The van der Waals surface area contributed by atoms with Gasteiger partial charge in [-0.3, -0.25) is 4.72 Å². The number of pyridine rings is 1. The quantitative estimate of drug-likeness (QED) is 0.834. The highest BCUT2D eigenvalue weighted by molar-refractivity contribution is 7.92. The summed E-state index contributed by atoms with van der Waals surface area (Å²) in [5, 5.41) is 0.220. The Balaban J connectivity index is 2.39. The molecule has 0 radical (unpaired) electrons. The number of hydrogen-bond acceptors (Lipinski definition) is 4. The van der Waals surface area contributed by atoms with E-state index in [1.807, 2.05) is 0 Å². The molecular weight excluding hydrogens is 330 g/mol. The average Bonchev–Trinajstić information content (AvgIpc) is 2.40. The lowest BCUT2D eigenvalue weighted by Gasteiger charge is -2.10. The van der Waals surface area contributed by atoms with E-state index in [0.29, 0.717) is 11.1 Å². The minimum atomic E-state index is -3.78. The highest BCUT2D eigenvalue weighted by Gasteiger charge is 2.17. The Kier molecular flexibility index (Phi) is 4.46. The third kappa shape index (κ3) is 3.49. The monoisotopic (exact) mass is 341 g/mol.